The van der Waals surface area contributed by atoms with Crippen LogP contribution in [-0.2, 0) is 0 Å². The molecule has 0 radical (unpaired) electrons. The Hall–Kier alpha value is -0.580. The summed E-state index contributed by atoms with van der Waals surface area (Å²) in [6, 6.07) is 12.2. The van der Waals surface area contributed by atoms with E-state index in [-0.39, 0.29) is 12.4 Å². The highest BCUT2D eigenvalue weighted by Gasteiger charge is 2.23. The van der Waals surface area contributed by atoms with Crippen molar-refractivity contribution in [2.75, 3.05) is 32.1 Å². The average molecular weight is 390 g/mol. The third kappa shape index (κ3) is 4.28. The van der Waals surface area contributed by atoms with Gasteiger partial charge in [0.15, 0.2) is 0 Å². The molecule has 0 aliphatic carbocycles. The van der Waals surface area contributed by atoms with Crippen molar-refractivity contribution < 1.29 is 0 Å². The molecule has 2 aromatic carbocycles. The second-order valence-corrected chi connectivity index (χ2v) is 7.59. The lowest BCUT2D eigenvalue weighted by atomic mass is 10.2. The summed E-state index contributed by atoms with van der Waals surface area (Å²) in [5, 5.41) is 1.54. The lowest BCUT2D eigenvalue weighted by Gasteiger charge is -2.33. The maximum Gasteiger partial charge on any atom is 0.0553 e. The molecule has 0 unspecified atom stereocenters. The highest BCUT2D eigenvalue weighted by atomic mass is 35.5. The van der Waals surface area contributed by atoms with E-state index in [0.29, 0.717) is 0 Å². The first kappa shape index (κ1) is 18.8. The molecule has 0 aromatic heterocycles. The van der Waals surface area contributed by atoms with Crippen LogP contribution in [0.5, 0.6) is 0 Å². The van der Waals surface area contributed by atoms with Gasteiger partial charge in [0, 0.05) is 26.4 Å². The third-order valence-corrected chi connectivity index (χ3v) is 5.20. The lowest BCUT2D eigenvalue weighted by Crippen LogP contribution is -2.25. The quantitative estimate of drug-likeness (QED) is 0.636. The van der Waals surface area contributed by atoms with Gasteiger partial charge in [0.25, 0.3) is 0 Å². The van der Waals surface area contributed by atoms with Gasteiger partial charge < -0.3 is 9.80 Å². The van der Waals surface area contributed by atoms with Crippen molar-refractivity contribution in [3.05, 3.63) is 46.4 Å². The highest BCUT2D eigenvalue weighted by Crippen LogP contribution is 2.49. The number of benzene rings is 2. The lowest BCUT2D eigenvalue weighted by molar-refractivity contribution is 0.402. The van der Waals surface area contributed by atoms with Crippen LogP contribution in [0.2, 0.25) is 10.0 Å². The van der Waals surface area contributed by atoms with E-state index in [1.807, 2.05) is 24.3 Å². The van der Waals surface area contributed by atoms with Crippen LogP contribution in [0, 0.1) is 0 Å². The molecule has 2 aromatic rings. The summed E-state index contributed by atoms with van der Waals surface area (Å²) in [4.78, 5) is 6.96. The van der Waals surface area contributed by atoms with E-state index in [4.69, 9.17) is 23.2 Å². The van der Waals surface area contributed by atoms with E-state index >= 15 is 0 Å². The van der Waals surface area contributed by atoms with Gasteiger partial charge in [-0.25, -0.2) is 0 Å². The summed E-state index contributed by atoms with van der Waals surface area (Å²) in [6.45, 7) is 2.04. The van der Waals surface area contributed by atoms with Crippen molar-refractivity contribution in [1.29, 1.82) is 0 Å². The molecule has 0 bridgehead atoms. The highest BCUT2D eigenvalue weighted by molar-refractivity contribution is 7.99. The molecule has 124 valence electrons. The Labute approximate surface area is 158 Å². The van der Waals surface area contributed by atoms with Gasteiger partial charge in [-0.15, -0.1) is 12.4 Å². The summed E-state index contributed by atoms with van der Waals surface area (Å²) >= 11 is 14.1. The van der Waals surface area contributed by atoms with Crippen molar-refractivity contribution >= 4 is 58.7 Å². The molecule has 0 spiro atoms. The van der Waals surface area contributed by atoms with Crippen LogP contribution in [0.25, 0.3) is 0 Å². The second-order valence-electron chi connectivity index (χ2n) is 5.63. The number of hydrogen-bond donors (Lipinski definition) is 0. The maximum absolute atomic E-state index is 6.16. The molecule has 23 heavy (non-hydrogen) atoms. The van der Waals surface area contributed by atoms with E-state index in [9.17, 15) is 0 Å². The van der Waals surface area contributed by atoms with Crippen molar-refractivity contribution in [3.63, 3.8) is 0 Å². The second kappa shape index (κ2) is 8.00. The normalized spacial score (nSPS) is 12.7. The zero-order valence-corrected chi connectivity index (χ0v) is 16.2. The Bertz CT molecular complexity index is 640. The SMILES string of the molecule is CN(C)CCCN1c2ccc(Cl)cc2Sc2cc(Cl)ccc21.Cl. The van der Waals surface area contributed by atoms with E-state index in [0.717, 1.165) is 29.6 Å². The fourth-order valence-corrected chi connectivity index (χ4v) is 4.27. The Morgan fingerprint density at radius 2 is 1.48 bits per heavy atom. The molecule has 6 heteroatoms. The van der Waals surface area contributed by atoms with E-state index in [2.05, 4.69) is 36.0 Å². The van der Waals surface area contributed by atoms with Gasteiger partial charge in [0.1, 0.15) is 0 Å². The first-order valence-corrected chi connectivity index (χ1v) is 8.81. The fourth-order valence-electron chi connectivity index (χ4n) is 2.62. The molecule has 2 nitrogen and oxygen atoms in total. The van der Waals surface area contributed by atoms with Gasteiger partial charge in [-0.2, -0.15) is 0 Å². The summed E-state index contributed by atoms with van der Waals surface area (Å²) in [5.41, 5.74) is 2.45. The molecule has 0 fully saturated rings. The third-order valence-electron chi connectivity index (χ3n) is 3.63. The minimum Gasteiger partial charge on any atom is -0.340 e. The van der Waals surface area contributed by atoms with E-state index in [1.165, 1.54) is 21.2 Å². The van der Waals surface area contributed by atoms with Gasteiger partial charge in [0.05, 0.1) is 11.4 Å². The number of fused-ring (bicyclic) bond motifs is 2. The predicted octanol–water partition coefficient (Wildman–Crippen LogP) is 5.97. The first-order chi connectivity index (χ1) is 10.5. The molecule has 0 saturated heterocycles. The molecule has 1 aliphatic rings. The zero-order valence-electron chi connectivity index (χ0n) is 13.1. The molecule has 0 N–H and O–H groups in total. The van der Waals surface area contributed by atoms with Gasteiger partial charge in [-0.3, -0.25) is 0 Å². The monoisotopic (exact) mass is 388 g/mol. The minimum atomic E-state index is 0. The Balaban J connectivity index is 0.00000192. The van der Waals surface area contributed by atoms with Crippen LogP contribution in [-0.4, -0.2) is 32.1 Å². The zero-order chi connectivity index (χ0) is 15.7. The Morgan fingerprint density at radius 1 is 0.957 bits per heavy atom. The summed E-state index contributed by atoms with van der Waals surface area (Å²) in [5.74, 6) is 0. The van der Waals surface area contributed by atoms with Crippen molar-refractivity contribution in [2.45, 2.75) is 16.2 Å². The molecule has 0 saturated carbocycles. The van der Waals surface area contributed by atoms with Crippen molar-refractivity contribution in [3.8, 4) is 0 Å². The number of nitrogens with zero attached hydrogens (tertiary/aromatic N) is 2. The van der Waals surface area contributed by atoms with Crippen molar-refractivity contribution in [1.82, 2.24) is 4.90 Å². The van der Waals surface area contributed by atoms with E-state index in [1.54, 1.807) is 11.8 Å². The van der Waals surface area contributed by atoms with Crippen LogP contribution < -0.4 is 4.90 Å². The topological polar surface area (TPSA) is 6.48 Å². The molecule has 1 heterocycles. The summed E-state index contributed by atoms with van der Waals surface area (Å²) in [7, 11) is 4.21. The smallest absolute Gasteiger partial charge is 0.0553 e. The van der Waals surface area contributed by atoms with Gasteiger partial charge >= 0.3 is 0 Å². The number of hydrogen-bond acceptors (Lipinski definition) is 3. The minimum absolute atomic E-state index is 0. The fraction of sp³-hybridized carbons (Fsp3) is 0.294. The standard InChI is InChI=1S/C17H18Cl2N2S.ClH/c1-20(2)8-3-9-21-14-6-4-12(18)10-16(14)22-17-11-13(19)5-7-15(17)21;/h4-7,10-11H,3,8-9H2,1-2H3;1H. The molecule has 1 aliphatic heterocycles. The average Bonchev–Trinajstić information content (AvgIpc) is 2.45. The van der Waals surface area contributed by atoms with Crippen molar-refractivity contribution in [2.24, 2.45) is 0 Å². The van der Waals surface area contributed by atoms with Crippen LogP contribution in [0.1, 0.15) is 6.42 Å². The van der Waals surface area contributed by atoms with Crippen LogP contribution >= 0.6 is 47.4 Å². The van der Waals surface area contributed by atoms with Crippen LogP contribution in [0.4, 0.5) is 11.4 Å². The van der Waals surface area contributed by atoms with Gasteiger partial charge in [-0.05, 0) is 63.5 Å². The molecule has 3 rings (SSSR count). The first-order valence-electron chi connectivity index (χ1n) is 7.24. The number of rotatable bonds is 4. The van der Waals surface area contributed by atoms with E-state index < -0.39 is 0 Å². The van der Waals surface area contributed by atoms with Crippen LogP contribution in [0.3, 0.4) is 0 Å². The molecular weight excluding hydrogens is 371 g/mol. The predicted molar refractivity (Wildman–Crippen MR) is 104 cm³/mol. The molecule has 0 atom stereocenters. The van der Waals surface area contributed by atoms with Gasteiger partial charge in [0.2, 0.25) is 0 Å². The molecule has 0 amide bonds. The largest absolute Gasteiger partial charge is 0.340 e. The molecular formula is C17H19Cl3N2S. The number of halogens is 3. The van der Waals surface area contributed by atoms with Gasteiger partial charge in [-0.1, -0.05) is 35.0 Å². The Morgan fingerprint density at radius 3 is 1.96 bits per heavy atom. The Kier molecular flexibility index (Phi) is 6.52. The van der Waals surface area contributed by atoms with Crippen LogP contribution in [0.15, 0.2) is 46.2 Å². The summed E-state index contributed by atoms with van der Waals surface area (Å²) in [6.07, 6.45) is 1.10. The number of anilines is 2. The maximum atomic E-state index is 6.16. The summed E-state index contributed by atoms with van der Waals surface area (Å²) < 4.78 is 0.